The van der Waals surface area contributed by atoms with Gasteiger partial charge in [0.25, 0.3) is 0 Å². The van der Waals surface area contributed by atoms with Crippen molar-refractivity contribution < 1.29 is 13.9 Å². The average Bonchev–Trinajstić information content (AvgIpc) is 2.50. The Labute approximate surface area is 124 Å². The quantitative estimate of drug-likeness (QED) is 0.877. The predicted molar refractivity (Wildman–Crippen MR) is 81.4 cm³/mol. The number of rotatable bonds is 6. The molecule has 0 saturated heterocycles. The van der Waals surface area contributed by atoms with Gasteiger partial charge in [-0.2, -0.15) is 0 Å². The van der Waals surface area contributed by atoms with Crippen molar-refractivity contribution in [1.29, 1.82) is 0 Å². The lowest BCUT2D eigenvalue weighted by molar-refractivity contribution is 0.408. The Bertz CT molecular complexity index is 601. The van der Waals surface area contributed by atoms with E-state index in [1.54, 1.807) is 31.4 Å². The molecule has 0 heterocycles. The molecule has 0 aliphatic heterocycles. The molecule has 4 heteroatoms. The molecule has 21 heavy (non-hydrogen) atoms. The van der Waals surface area contributed by atoms with E-state index in [2.05, 4.69) is 0 Å². The maximum Gasteiger partial charge on any atom is 0.133 e. The largest absolute Gasteiger partial charge is 0.497 e. The molecule has 2 N–H and O–H groups in total. The molecule has 0 aliphatic rings. The highest BCUT2D eigenvalue weighted by Crippen LogP contribution is 2.30. The molecule has 0 bridgehead atoms. The number of ether oxygens (including phenoxy) is 2. The molecule has 3 nitrogen and oxygen atoms in total. The summed E-state index contributed by atoms with van der Waals surface area (Å²) in [4.78, 5) is 0. The van der Waals surface area contributed by atoms with Crippen molar-refractivity contribution in [1.82, 2.24) is 0 Å². The van der Waals surface area contributed by atoms with Gasteiger partial charge in [-0.25, -0.2) is 4.39 Å². The fourth-order valence-corrected chi connectivity index (χ4v) is 2.03. The summed E-state index contributed by atoms with van der Waals surface area (Å²) in [5, 5.41) is 0. The van der Waals surface area contributed by atoms with Crippen LogP contribution in [0.4, 0.5) is 4.39 Å². The Morgan fingerprint density at radius 1 is 1.14 bits per heavy atom. The van der Waals surface area contributed by atoms with E-state index >= 15 is 0 Å². The molecule has 0 amide bonds. The van der Waals surface area contributed by atoms with Gasteiger partial charge in [-0.1, -0.05) is 19.1 Å². The Balaban J connectivity index is 2.28. The third-order valence-corrected chi connectivity index (χ3v) is 3.34. The summed E-state index contributed by atoms with van der Waals surface area (Å²) in [6, 6.07) is 11.9. The fourth-order valence-electron chi connectivity index (χ4n) is 2.03. The van der Waals surface area contributed by atoms with Crippen LogP contribution in [0.1, 0.15) is 18.9 Å². The summed E-state index contributed by atoms with van der Waals surface area (Å²) in [7, 11) is 1.59. The predicted octanol–water partition coefficient (Wildman–Crippen LogP) is 3.91. The van der Waals surface area contributed by atoms with Gasteiger partial charge in [0.15, 0.2) is 0 Å². The molecule has 2 rings (SSSR count). The summed E-state index contributed by atoms with van der Waals surface area (Å²) < 4.78 is 25.0. The Hall–Kier alpha value is -2.07. The van der Waals surface area contributed by atoms with Gasteiger partial charge in [0, 0.05) is 17.7 Å². The van der Waals surface area contributed by atoms with Crippen molar-refractivity contribution in [3.8, 4) is 17.2 Å². The first-order valence-corrected chi connectivity index (χ1v) is 6.99. The zero-order valence-corrected chi connectivity index (χ0v) is 12.3. The average molecular weight is 289 g/mol. The highest BCUT2D eigenvalue weighted by molar-refractivity contribution is 5.41. The molecular weight excluding hydrogens is 269 g/mol. The summed E-state index contributed by atoms with van der Waals surface area (Å²) in [5.41, 5.74) is 6.45. The van der Waals surface area contributed by atoms with Crippen LogP contribution in [0.25, 0.3) is 0 Å². The molecule has 1 atom stereocenters. The number of halogens is 1. The van der Waals surface area contributed by atoms with Crippen molar-refractivity contribution in [3.63, 3.8) is 0 Å². The molecule has 1 unspecified atom stereocenters. The standard InChI is InChI=1S/C17H20FNO2/c1-3-12(19)10-15-16(18)8-5-9-17(15)21-14-7-4-6-13(11-14)20-2/h4-9,11-12H,3,10,19H2,1-2H3. The zero-order valence-electron chi connectivity index (χ0n) is 12.3. The minimum Gasteiger partial charge on any atom is -0.497 e. The van der Waals surface area contributed by atoms with Gasteiger partial charge >= 0.3 is 0 Å². The lowest BCUT2D eigenvalue weighted by Gasteiger charge is -2.15. The van der Waals surface area contributed by atoms with E-state index in [0.717, 1.165) is 6.42 Å². The summed E-state index contributed by atoms with van der Waals surface area (Å²) in [6.07, 6.45) is 1.23. The van der Waals surface area contributed by atoms with Gasteiger partial charge in [-0.3, -0.25) is 0 Å². The lowest BCUT2D eigenvalue weighted by atomic mass is 10.0. The molecule has 0 aromatic heterocycles. The monoisotopic (exact) mass is 289 g/mol. The first-order valence-electron chi connectivity index (χ1n) is 6.99. The number of hydrogen-bond donors (Lipinski definition) is 1. The molecular formula is C17H20FNO2. The third-order valence-electron chi connectivity index (χ3n) is 3.34. The van der Waals surface area contributed by atoms with Crippen LogP contribution >= 0.6 is 0 Å². The van der Waals surface area contributed by atoms with Gasteiger partial charge < -0.3 is 15.2 Å². The highest BCUT2D eigenvalue weighted by atomic mass is 19.1. The van der Waals surface area contributed by atoms with Crippen molar-refractivity contribution in [3.05, 3.63) is 53.8 Å². The van der Waals surface area contributed by atoms with Crippen molar-refractivity contribution in [2.24, 2.45) is 5.73 Å². The Kier molecular flexibility index (Phi) is 5.17. The Morgan fingerprint density at radius 2 is 1.86 bits per heavy atom. The summed E-state index contributed by atoms with van der Waals surface area (Å²) in [5.74, 6) is 1.49. The summed E-state index contributed by atoms with van der Waals surface area (Å²) in [6.45, 7) is 1.98. The minimum absolute atomic E-state index is 0.0884. The second-order valence-corrected chi connectivity index (χ2v) is 4.87. The normalized spacial score (nSPS) is 12.0. The smallest absolute Gasteiger partial charge is 0.133 e. The second-order valence-electron chi connectivity index (χ2n) is 4.87. The molecule has 112 valence electrons. The fraction of sp³-hybridized carbons (Fsp3) is 0.294. The van der Waals surface area contributed by atoms with Crippen molar-refractivity contribution in [2.45, 2.75) is 25.8 Å². The van der Waals surface area contributed by atoms with E-state index in [0.29, 0.717) is 29.2 Å². The number of hydrogen-bond acceptors (Lipinski definition) is 3. The van der Waals surface area contributed by atoms with Crippen LogP contribution in [0.15, 0.2) is 42.5 Å². The lowest BCUT2D eigenvalue weighted by Crippen LogP contribution is -2.22. The van der Waals surface area contributed by atoms with Gasteiger partial charge in [-0.15, -0.1) is 0 Å². The van der Waals surface area contributed by atoms with Crippen LogP contribution < -0.4 is 15.2 Å². The Morgan fingerprint density at radius 3 is 2.57 bits per heavy atom. The maximum atomic E-state index is 14.0. The van der Waals surface area contributed by atoms with Crippen LogP contribution in [-0.2, 0) is 6.42 Å². The molecule has 0 radical (unpaired) electrons. The van der Waals surface area contributed by atoms with Gasteiger partial charge in [0.1, 0.15) is 23.1 Å². The molecule has 0 aliphatic carbocycles. The van der Waals surface area contributed by atoms with Crippen LogP contribution in [0, 0.1) is 5.82 Å². The first-order chi connectivity index (χ1) is 10.1. The van der Waals surface area contributed by atoms with E-state index in [1.807, 2.05) is 19.1 Å². The highest BCUT2D eigenvalue weighted by Gasteiger charge is 2.13. The van der Waals surface area contributed by atoms with Gasteiger partial charge in [0.2, 0.25) is 0 Å². The van der Waals surface area contributed by atoms with E-state index in [9.17, 15) is 4.39 Å². The van der Waals surface area contributed by atoms with Crippen LogP contribution in [0.5, 0.6) is 17.2 Å². The topological polar surface area (TPSA) is 44.5 Å². The van der Waals surface area contributed by atoms with E-state index in [-0.39, 0.29) is 11.9 Å². The van der Waals surface area contributed by atoms with Crippen LogP contribution in [0.3, 0.4) is 0 Å². The zero-order chi connectivity index (χ0) is 15.2. The second kappa shape index (κ2) is 7.09. The third kappa shape index (κ3) is 3.95. The van der Waals surface area contributed by atoms with Gasteiger partial charge in [-0.05, 0) is 37.1 Å². The molecule has 0 fully saturated rings. The van der Waals surface area contributed by atoms with Crippen molar-refractivity contribution in [2.75, 3.05) is 7.11 Å². The van der Waals surface area contributed by atoms with E-state index in [1.165, 1.54) is 6.07 Å². The molecule has 2 aromatic carbocycles. The number of nitrogens with two attached hydrogens (primary N) is 1. The minimum atomic E-state index is -0.292. The maximum absolute atomic E-state index is 14.0. The van der Waals surface area contributed by atoms with Gasteiger partial charge in [0.05, 0.1) is 7.11 Å². The molecule has 2 aromatic rings. The summed E-state index contributed by atoms with van der Waals surface area (Å²) >= 11 is 0. The van der Waals surface area contributed by atoms with Crippen molar-refractivity contribution >= 4 is 0 Å². The van der Waals surface area contributed by atoms with E-state index in [4.69, 9.17) is 15.2 Å². The number of benzene rings is 2. The van der Waals surface area contributed by atoms with Crippen LogP contribution in [0.2, 0.25) is 0 Å². The number of methoxy groups -OCH3 is 1. The first kappa shape index (κ1) is 15.3. The molecule has 0 saturated carbocycles. The molecule has 0 spiro atoms. The van der Waals surface area contributed by atoms with Crippen LogP contribution in [-0.4, -0.2) is 13.2 Å². The van der Waals surface area contributed by atoms with E-state index < -0.39 is 0 Å². The SMILES string of the molecule is CCC(N)Cc1c(F)cccc1Oc1cccc(OC)c1.